The molecule has 0 amide bonds. The Kier molecular flexibility index (Phi) is 6.13. The predicted octanol–water partition coefficient (Wildman–Crippen LogP) is 4.24. The number of nitrogens with one attached hydrogen (secondary N) is 1. The van der Waals surface area contributed by atoms with Crippen molar-refractivity contribution in [2.75, 3.05) is 13.2 Å². The van der Waals surface area contributed by atoms with Gasteiger partial charge in [-0.05, 0) is 56.8 Å². The largest absolute Gasteiger partial charge is 0.494 e. The van der Waals surface area contributed by atoms with Crippen LogP contribution in [0.25, 0.3) is 0 Å². The van der Waals surface area contributed by atoms with Crippen LogP contribution in [-0.2, 0) is 0 Å². The number of hydrogen-bond donors (Lipinski definition) is 1. The second kappa shape index (κ2) is 8.11. The van der Waals surface area contributed by atoms with E-state index in [-0.39, 0.29) is 0 Å². The van der Waals surface area contributed by atoms with Crippen molar-refractivity contribution in [2.45, 2.75) is 52.0 Å². The van der Waals surface area contributed by atoms with Gasteiger partial charge in [0.1, 0.15) is 5.75 Å². The Morgan fingerprint density at radius 3 is 2.90 bits per heavy atom. The molecule has 2 nitrogen and oxygen atoms in total. The molecule has 0 saturated heterocycles. The van der Waals surface area contributed by atoms with Crippen molar-refractivity contribution in [2.24, 2.45) is 0 Å². The second-order valence-corrected chi connectivity index (χ2v) is 5.59. The van der Waals surface area contributed by atoms with Crippen molar-refractivity contribution in [1.29, 1.82) is 0 Å². The molecule has 0 bridgehead atoms. The molecular weight excluding hydrogens is 246 g/mol. The lowest BCUT2D eigenvalue weighted by molar-refractivity contribution is 0.292. The third-order valence-electron chi connectivity index (χ3n) is 3.89. The zero-order valence-electron chi connectivity index (χ0n) is 12.8. The number of benzene rings is 1. The Balaban J connectivity index is 1.84. The molecule has 1 atom stereocenters. The molecule has 110 valence electrons. The van der Waals surface area contributed by atoms with E-state index in [0.29, 0.717) is 6.04 Å². The highest BCUT2D eigenvalue weighted by Crippen LogP contribution is 2.22. The molecule has 0 saturated carbocycles. The maximum absolute atomic E-state index is 5.89. The Morgan fingerprint density at radius 1 is 1.30 bits per heavy atom. The summed E-state index contributed by atoms with van der Waals surface area (Å²) in [6.07, 6.45) is 8.67. The van der Waals surface area contributed by atoms with E-state index in [1.165, 1.54) is 31.2 Å². The lowest BCUT2D eigenvalue weighted by Crippen LogP contribution is -2.33. The van der Waals surface area contributed by atoms with Gasteiger partial charge in [-0.1, -0.05) is 30.7 Å². The fraction of sp³-hybridized carbons (Fsp3) is 0.556. The number of ether oxygens (including phenoxy) is 1. The van der Waals surface area contributed by atoms with Crippen molar-refractivity contribution in [3.8, 4) is 5.75 Å². The summed E-state index contributed by atoms with van der Waals surface area (Å²) < 4.78 is 5.89. The smallest absolute Gasteiger partial charge is 0.119 e. The van der Waals surface area contributed by atoms with Crippen LogP contribution in [0, 0.1) is 6.92 Å². The van der Waals surface area contributed by atoms with Gasteiger partial charge in [0.2, 0.25) is 0 Å². The van der Waals surface area contributed by atoms with E-state index < -0.39 is 0 Å². The molecule has 0 spiro atoms. The Hall–Kier alpha value is -1.28. The van der Waals surface area contributed by atoms with Gasteiger partial charge in [-0.25, -0.2) is 0 Å². The molecule has 0 radical (unpaired) electrons. The summed E-state index contributed by atoms with van der Waals surface area (Å²) in [6, 6.07) is 8.78. The molecule has 0 heterocycles. The van der Waals surface area contributed by atoms with Crippen LogP contribution in [0.5, 0.6) is 5.75 Å². The zero-order chi connectivity index (χ0) is 14.2. The van der Waals surface area contributed by atoms with Gasteiger partial charge >= 0.3 is 0 Å². The minimum absolute atomic E-state index is 0.491. The standard InChI is InChI=1S/C18H27NO/c1-3-19-18(16-9-5-4-6-10-16)12-13-20-17-11-7-8-15(2)14-17/h7-9,11,14,18-19H,3-6,10,12-13H2,1-2H3. The van der Waals surface area contributed by atoms with E-state index in [1.54, 1.807) is 5.57 Å². The summed E-state index contributed by atoms with van der Waals surface area (Å²) in [4.78, 5) is 0. The summed E-state index contributed by atoms with van der Waals surface area (Å²) in [5, 5.41) is 3.60. The van der Waals surface area contributed by atoms with Crippen LogP contribution < -0.4 is 10.1 Å². The number of aryl methyl sites for hydroxylation is 1. The monoisotopic (exact) mass is 273 g/mol. The molecule has 2 rings (SSSR count). The molecular formula is C18H27NO. The minimum atomic E-state index is 0.491. The van der Waals surface area contributed by atoms with Crippen molar-refractivity contribution >= 4 is 0 Å². The van der Waals surface area contributed by atoms with Gasteiger partial charge in [0.05, 0.1) is 6.61 Å². The van der Waals surface area contributed by atoms with E-state index in [1.807, 2.05) is 6.07 Å². The molecule has 0 aromatic heterocycles. The first kappa shape index (κ1) is 15.1. The van der Waals surface area contributed by atoms with Crippen LogP contribution in [-0.4, -0.2) is 19.2 Å². The van der Waals surface area contributed by atoms with Crippen molar-refractivity contribution in [3.05, 3.63) is 41.5 Å². The van der Waals surface area contributed by atoms with Gasteiger partial charge in [0.15, 0.2) is 0 Å². The number of hydrogen-bond acceptors (Lipinski definition) is 2. The lowest BCUT2D eigenvalue weighted by atomic mass is 9.92. The van der Waals surface area contributed by atoms with Crippen LogP contribution in [0.4, 0.5) is 0 Å². The summed E-state index contributed by atoms with van der Waals surface area (Å²) in [5.41, 5.74) is 2.84. The molecule has 1 aromatic carbocycles. The van der Waals surface area contributed by atoms with E-state index >= 15 is 0 Å². The maximum Gasteiger partial charge on any atom is 0.119 e. The van der Waals surface area contributed by atoms with Gasteiger partial charge in [-0.2, -0.15) is 0 Å². The minimum Gasteiger partial charge on any atom is -0.494 e. The predicted molar refractivity (Wildman–Crippen MR) is 85.3 cm³/mol. The summed E-state index contributed by atoms with van der Waals surface area (Å²) >= 11 is 0. The SMILES string of the molecule is CCNC(CCOc1cccc(C)c1)C1=CCCCC1. The van der Waals surface area contributed by atoms with Gasteiger partial charge in [0.25, 0.3) is 0 Å². The average Bonchev–Trinajstić information content (AvgIpc) is 2.47. The molecule has 1 N–H and O–H groups in total. The van der Waals surface area contributed by atoms with E-state index in [4.69, 9.17) is 4.74 Å². The molecule has 1 aliphatic rings. The van der Waals surface area contributed by atoms with Crippen LogP contribution in [0.15, 0.2) is 35.9 Å². The van der Waals surface area contributed by atoms with Gasteiger partial charge in [-0.15, -0.1) is 0 Å². The normalized spacial score (nSPS) is 16.6. The first-order chi connectivity index (χ1) is 9.79. The molecule has 0 aliphatic heterocycles. The Morgan fingerprint density at radius 2 is 2.20 bits per heavy atom. The van der Waals surface area contributed by atoms with E-state index in [9.17, 15) is 0 Å². The molecule has 1 aromatic rings. The highest BCUT2D eigenvalue weighted by atomic mass is 16.5. The van der Waals surface area contributed by atoms with Gasteiger partial charge in [0, 0.05) is 12.5 Å². The molecule has 1 unspecified atom stereocenters. The van der Waals surface area contributed by atoms with Crippen molar-refractivity contribution in [1.82, 2.24) is 5.32 Å². The highest BCUT2D eigenvalue weighted by Gasteiger charge is 2.15. The fourth-order valence-corrected chi connectivity index (χ4v) is 2.84. The summed E-state index contributed by atoms with van der Waals surface area (Å²) in [6.45, 7) is 6.07. The van der Waals surface area contributed by atoms with Gasteiger partial charge < -0.3 is 10.1 Å². The molecule has 2 heteroatoms. The lowest BCUT2D eigenvalue weighted by Gasteiger charge is -2.24. The summed E-state index contributed by atoms with van der Waals surface area (Å²) in [5.74, 6) is 0.984. The zero-order valence-corrected chi connectivity index (χ0v) is 12.8. The molecule has 0 fully saturated rings. The van der Waals surface area contributed by atoms with E-state index in [2.05, 4.69) is 43.4 Å². The van der Waals surface area contributed by atoms with Crippen LogP contribution in [0.1, 0.15) is 44.6 Å². The number of allylic oxidation sites excluding steroid dienone is 1. The van der Waals surface area contributed by atoms with Crippen LogP contribution >= 0.6 is 0 Å². The van der Waals surface area contributed by atoms with Gasteiger partial charge in [-0.3, -0.25) is 0 Å². The van der Waals surface area contributed by atoms with Crippen LogP contribution in [0.2, 0.25) is 0 Å². The molecule has 20 heavy (non-hydrogen) atoms. The summed E-state index contributed by atoms with van der Waals surface area (Å²) in [7, 11) is 0. The first-order valence-corrected chi connectivity index (χ1v) is 7.91. The second-order valence-electron chi connectivity index (χ2n) is 5.59. The molecule has 1 aliphatic carbocycles. The Labute approximate surface area is 123 Å². The third-order valence-corrected chi connectivity index (χ3v) is 3.89. The fourth-order valence-electron chi connectivity index (χ4n) is 2.84. The van der Waals surface area contributed by atoms with Crippen molar-refractivity contribution in [3.63, 3.8) is 0 Å². The van der Waals surface area contributed by atoms with Crippen molar-refractivity contribution < 1.29 is 4.74 Å². The number of likely N-dealkylation sites (N-methyl/N-ethyl adjacent to an activating group) is 1. The first-order valence-electron chi connectivity index (χ1n) is 7.91. The average molecular weight is 273 g/mol. The maximum atomic E-state index is 5.89. The Bertz CT molecular complexity index is 439. The third kappa shape index (κ3) is 4.68. The number of rotatable bonds is 7. The van der Waals surface area contributed by atoms with Crippen LogP contribution in [0.3, 0.4) is 0 Å². The van der Waals surface area contributed by atoms with E-state index in [0.717, 1.165) is 25.3 Å². The topological polar surface area (TPSA) is 21.3 Å². The highest BCUT2D eigenvalue weighted by molar-refractivity contribution is 5.27. The quantitative estimate of drug-likeness (QED) is 0.750.